The molecule has 0 amide bonds. The Bertz CT molecular complexity index is 426. The van der Waals surface area contributed by atoms with Gasteiger partial charge in [0.05, 0.1) is 0 Å². The Morgan fingerprint density at radius 2 is 2.10 bits per heavy atom. The average molecular weight is 340 g/mol. The highest BCUT2D eigenvalue weighted by Crippen LogP contribution is 2.26. The first kappa shape index (κ1) is 15.8. The van der Waals surface area contributed by atoms with Crippen LogP contribution in [0.5, 0.6) is 0 Å². The fourth-order valence-corrected chi connectivity index (χ4v) is 2.98. The summed E-state index contributed by atoms with van der Waals surface area (Å²) >= 11 is 3.54. The lowest BCUT2D eigenvalue weighted by atomic mass is 9.99. The molecular weight excluding hydrogens is 314 g/mol. The minimum absolute atomic E-state index is 0.675. The van der Waals surface area contributed by atoms with Gasteiger partial charge in [0.25, 0.3) is 0 Å². The fraction of sp³-hybridized carbons (Fsp3) is 0.688. The summed E-state index contributed by atoms with van der Waals surface area (Å²) in [6.45, 7) is 11.0. The van der Waals surface area contributed by atoms with E-state index < -0.39 is 0 Å². The van der Waals surface area contributed by atoms with Crippen molar-refractivity contribution < 1.29 is 0 Å². The lowest BCUT2D eigenvalue weighted by Crippen LogP contribution is -2.34. The van der Waals surface area contributed by atoms with Crippen molar-refractivity contribution in [2.24, 2.45) is 11.8 Å². The zero-order chi connectivity index (χ0) is 14.5. The first-order valence-corrected chi connectivity index (χ1v) is 8.45. The predicted molar refractivity (Wildman–Crippen MR) is 89.1 cm³/mol. The van der Waals surface area contributed by atoms with E-state index >= 15 is 0 Å². The van der Waals surface area contributed by atoms with Crippen molar-refractivity contribution >= 4 is 21.7 Å². The van der Waals surface area contributed by atoms with Crippen LogP contribution < -0.4 is 10.2 Å². The van der Waals surface area contributed by atoms with Crippen molar-refractivity contribution in [3.8, 4) is 0 Å². The van der Waals surface area contributed by atoms with Crippen LogP contribution in [0.1, 0.15) is 39.2 Å². The van der Waals surface area contributed by atoms with E-state index in [-0.39, 0.29) is 0 Å². The van der Waals surface area contributed by atoms with Crippen molar-refractivity contribution in [2.75, 3.05) is 24.5 Å². The van der Waals surface area contributed by atoms with E-state index in [9.17, 15) is 0 Å². The minimum Gasteiger partial charge on any atom is -0.356 e. The van der Waals surface area contributed by atoms with Gasteiger partial charge in [0.2, 0.25) is 0 Å². The van der Waals surface area contributed by atoms with Gasteiger partial charge in [-0.3, -0.25) is 0 Å². The monoisotopic (exact) mass is 339 g/mol. The molecule has 1 aliphatic heterocycles. The van der Waals surface area contributed by atoms with Crippen LogP contribution in [0.2, 0.25) is 0 Å². The number of hydrogen-bond donors (Lipinski definition) is 1. The number of anilines is 1. The Balaban J connectivity index is 2.07. The van der Waals surface area contributed by atoms with Gasteiger partial charge in [-0.1, -0.05) is 20.8 Å². The molecule has 0 aromatic carbocycles. The lowest BCUT2D eigenvalue weighted by Gasteiger charge is -2.32. The molecule has 0 bridgehead atoms. The zero-order valence-corrected chi connectivity index (χ0v) is 14.4. The SMILES string of the molecule is CC(C)CNCc1cc(Br)cnc1N1CCC(C)CC1. The molecular formula is C16H26BrN3. The fourth-order valence-electron chi connectivity index (χ4n) is 2.60. The third kappa shape index (κ3) is 4.45. The number of nitrogens with zero attached hydrogens (tertiary/aromatic N) is 2. The second-order valence-corrected chi connectivity index (χ2v) is 7.25. The van der Waals surface area contributed by atoms with E-state index in [1.807, 2.05) is 6.20 Å². The molecule has 1 aliphatic rings. The van der Waals surface area contributed by atoms with Gasteiger partial charge < -0.3 is 10.2 Å². The van der Waals surface area contributed by atoms with Crippen molar-refractivity contribution in [2.45, 2.75) is 40.2 Å². The number of pyridine rings is 1. The summed E-state index contributed by atoms with van der Waals surface area (Å²) in [5.74, 6) is 2.69. The summed E-state index contributed by atoms with van der Waals surface area (Å²) < 4.78 is 1.06. The topological polar surface area (TPSA) is 28.2 Å². The summed E-state index contributed by atoms with van der Waals surface area (Å²) in [6, 6.07) is 2.20. The van der Waals surface area contributed by atoms with Gasteiger partial charge in [-0.15, -0.1) is 0 Å². The van der Waals surface area contributed by atoms with Crippen LogP contribution in [0.3, 0.4) is 0 Å². The van der Waals surface area contributed by atoms with Gasteiger partial charge in [0, 0.05) is 35.9 Å². The molecule has 0 spiro atoms. The Labute approximate surface area is 131 Å². The average Bonchev–Trinajstić information content (AvgIpc) is 2.40. The van der Waals surface area contributed by atoms with E-state index in [0.717, 1.165) is 42.4 Å². The van der Waals surface area contributed by atoms with Crippen LogP contribution in [-0.4, -0.2) is 24.6 Å². The van der Waals surface area contributed by atoms with Gasteiger partial charge in [-0.2, -0.15) is 0 Å². The number of piperidine rings is 1. The normalized spacial score (nSPS) is 16.9. The Morgan fingerprint density at radius 1 is 1.40 bits per heavy atom. The van der Waals surface area contributed by atoms with Crippen LogP contribution in [-0.2, 0) is 6.54 Å². The smallest absolute Gasteiger partial charge is 0.133 e. The van der Waals surface area contributed by atoms with Crippen molar-refractivity contribution in [3.63, 3.8) is 0 Å². The number of nitrogens with one attached hydrogen (secondary N) is 1. The van der Waals surface area contributed by atoms with Gasteiger partial charge >= 0.3 is 0 Å². The van der Waals surface area contributed by atoms with E-state index in [4.69, 9.17) is 0 Å². The van der Waals surface area contributed by atoms with E-state index in [0.29, 0.717) is 5.92 Å². The Kier molecular flexibility index (Phi) is 5.85. The van der Waals surface area contributed by atoms with E-state index in [2.05, 4.69) is 58.0 Å². The first-order valence-electron chi connectivity index (χ1n) is 7.66. The largest absolute Gasteiger partial charge is 0.356 e. The van der Waals surface area contributed by atoms with Crippen molar-refractivity contribution in [3.05, 3.63) is 22.3 Å². The van der Waals surface area contributed by atoms with Gasteiger partial charge in [0.15, 0.2) is 0 Å². The molecule has 1 fully saturated rings. The highest BCUT2D eigenvalue weighted by atomic mass is 79.9. The summed E-state index contributed by atoms with van der Waals surface area (Å²) in [7, 11) is 0. The maximum absolute atomic E-state index is 4.66. The molecule has 2 rings (SSSR count). The second-order valence-electron chi connectivity index (χ2n) is 6.33. The third-order valence-corrected chi connectivity index (χ3v) is 4.29. The Morgan fingerprint density at radius 3 is 2.75 bits per heavy atom. The molecule has 3 nitrogen and oxygen atoms in total. The summed E-state index contributed by atoms with van der Waals surface area (Å²) in [4.78, 5) is 7.11. The molecule has 1 saturated heterocycles. The molecule has 1 aromatic heterocycles. The molecule has 0 atom stereocenters. The number of aromatic nitrogens is 1. The summed E-state index contributed by atoms with van der Waals surface area (Å²) in [5, 5.41) is 3.53. The number of rotatable bonds is 5. The highest BCUT2D eigenvalue weighted by molar-refractivity contribution is 9.10. The van der Waals surface area contributed by atoms with Crippen molar-refractivity contribution in [1.29, 1.82) is 0 Å². The zero-order valence-electron chi connectivity index (χ0n) is 12.8. The molecule has 0 aliphatic carbocycles. The van der Waals surface area contributed by atoms with Crippen LogP contribution in [0.4, 0.5) is 5.82 Å². The molecule has 0 radical (unpaired) electrons. The summed E-state index contributed by atoms with van der Waals surface area (Å²) in [6.07, 6.45) is 4.46. The standard InChI is InChI=1S/C16H26BrN3/c1-12(2)9-18-10-14-8-15(17)11-19-16(14)20-6-4-13(3)5-7-20/h8,11-13,18H,4-7,9-10H2,1-3H3. The van der Waals surface area contributed by atoms with E-state index in [1.54, 1.807) is 0 Å². The van der Waals surface area contributed by atoms with Crippen LogP contribution in [0.25, 0.3) is 0 Å². The lowest BCUT2D eigenvalue weighted by molar-refractivity contribution is 0.435. The third-order valence-electron chi connectivity index (χ3n) is 3.86. The van der Waals surface area contributed by atoms with Gasteiger partial charge in [0.1, 0.15) is 5.82 Å². The maximum atomic E-state index is 4.66. The molecule has 0 unspecified atom stereocenters. The van der Waals surface area contributed by atoms with Crippen LogP contribution in [0.15, 0.2) is 16.7 Å². The molecule has 1 aromatic rings. The minimum atomic E-state index is 0.675. The number of hydrogen-bond acceptors (Lipinski definition) is 3. The Hall–Kier alpha value is -0.610. The van der Waals surface area contributed by atoms with Crippen molar-refractivity contribution in [1.82, 2.24) is 10.3 Å². The predicted octanol–water partition coefficient (Wildman–Crippen LogP) is 3.83. The molecule has 4 heteroatoms. The number of halogens is 1. The van der Waals surface area contributed by atoms with Crippen LogP contribution >= 0.6 is 15.9 Å². The van der Waals surface area contributed by atoms with Gasteiger partial charge in [-0.25, -0.2) is 4.98 Å². The molecule has 20 heavy (non-hydrogen) atoms. The highest BCUT2D eigenvalue weighted by Gasteiger charge is 2.19. The molecule has 0 saturated carbocycles. The molecule has 2 heterocycles. The summed E-state index contributed by atoms with van der Waals surface area (Å²) in [5.41, 5.74) is 1.30. The molecule has 112 valence electrons. The maximum Gasteiger partial charge on any atom is 0.133 e. The quantitative estimate of drug-likeness (QED) is 0.883. The van der Waals surface area contributed by atoms with Crippen LogP contribution in [0, 0.1) is 11.8 Å². The second kappa shape index (κ2) is 7.41. The first-order chi connectivity index (χ1) is 9.56. The van der Waals surface area contributed by atoms with E-state index in [1.165, 1.54) is 18.4 Å². The molecule has 1 N–H and O–H groups in total. The van der Waals surface area contributed by atoms with Gasteiger partial charge in [-0.05, 0) is 53.2 Å².